The first-order valence-corrected chi connectivity index (χ1v) is 8.37. The molecule has 5 heteroatoms. The average molecular weight is 363 g/mol. The molecule has 0 aliphatic carbocycles. The molecule has 3 aromatic carbocycles. The van der Waals surface area contributed by atoms with E-state index in [1.807, 2.05) is 18.2 Å². The zero-order chi connectivity index (χ0) is 19.4. The highest BCUT2D eigenvalue weighted by Crippen LogP contribution is 2.32. The molecule has 0 spiro atoms. The number of carbonyl (C=O) groups is 1. The van der Waals surface area contributed by atoms with Gasteiger partial charge in [0.05, 0.1) is 21.3 Å². The molecular weight excluding hydrogens is 342 g/mol. The van der Waals surface area contributed by atoms with Gasteiger partial charge in [-0.05, 0) is 47.5 Å². The summed E-state index contributed by atoms with van der Waals surface area (Å²) in [6.45, 7) is 0. The Morgan fingerprint density at radius 1 is 0.741 bits per heavy atom. The Balaban J connectivity index is 1.97. The number of hydrogen-bond acceptors (Lipinski definition) is 5. The summed E-state index contributed by atoms with van der Waals surface area (Å²) in [6.07, 6.45) is 0. The van der Waals surface area contributed by atoms with E-state index in [-0.39, 0.29) is 5.78 Å². The molecule has 0 aliphatic rings. The predicted octanol–water partition coefficient (Wildman–Crippen LogP) is 4.19. The average Bonchev–Trinajstić information content (AvgIpc) is 2.72. The van der Waals surface area contributed by atoms with Crippen molar-refractivity contribution < 1.29 is 19.0 Å². The summed E-state index contributed by atoms with van der Waals surface area (Å²) in [5.41, 5.74) is 9.32. The molecule has 0 aliphatic heterocycles. The van der Waals surface area contributed by atoms with Crippen molar-refractivity contribution in [1.29, 1.82) is 0 Å². The second kappa shape index (κ2) is 7.83. The van der Waals surface area contributed by atoms with Crippen LogP contribution in [0.25, 0.3) is 11.1 Å². The molecule has 0 atom stereocenters. The number of rotatable bonds is 6. The summed E-state index contributed by atoms with van der Waals surface area (Å²) in [5.74, 6) is 1.83. The highest BCUT2D eigenvalue weighted by Gasteiger charge is 2.14. The van der Waals surface area contributed by atoms with Crippen molar-refractivity contribution in [1.82, 2.24) is 0 Å². The third-order valence-corrected chi connectivity index (χ3v) is 4.31. The Bertz CT molecular complexity index is 960. The highest BCUT2D eigenvalue weighted by atomic mass is 16.5. The van der Waals surface area contributed by atoms with Gasteiger partial charge in [0, 0.05) is 22.9 Å². The topological polar surface area (TPSA) is 70.8 Å². The molecule has 0 saturated heterocycles. The van der Waals surface area contributed by atoms with Gasteiger partial charge in [-0.3, -0.25) is 4.79 Å². The van der Waals surface area contributed by atoms with Gasteiger partial charge in [-0.2, -0.15) is 0 Å². The van der Waals surface area contributed by atoms with Crippen LogP contribution in [0.4, 0.5) is 5.69 Å². The maximum atomic E-state index is 12.8. The number of carbonyl (C=O) groups excluding carboxylic acids is 1. The fourth-order valence-electron chi connectivity index (χ4n) is 2.84. The number of nitrogen functional groups attached to an aromatic ring is 1. The quantitative estimate of drug-likeness (QED) is 0.525. The van der Waals surface area contributed by atoms with Gasteiger partial charge < -0.3 is 19.9 Å². The van der Waals surface area contributed by atoms with Crippen LogP contribution in [0.15, 0.2) is 60.7 Å². The molecule has 3 rings (SSSR count). The number of benzene rings is 3. The summed E-state index contributed by atoms with van der Waals surface area (Å²) in [7, 11) is 4.76. The van der Waals surface area contributed by atoms with E-state index in [0.717, 1.165) is 11.1 Å². The number of ether oxygens (including phenoxy) is 3. The van der Waals surface area contributed by atoms with Crippen molar-refractivity contribution in [2.75, 3.05) is 27.1 Å². The molecule has 5 nitrogen and oxygen atoms in total. The standard InChI is InChI=1S/C22H21NO4/c1-25-17-6-4-5-15(9-17)22(24)20-8-7-14(12-21(20)23)16-10-18(26-2)13-19(11-16)27-3/h4-13H,23H2,1-3H3. The molecule has 2 N–H and O–H groups in total. The predicted molar refractivity (Wildman–Crippen MR) is 106 cm³/mol. The van der Waals surface area contributed by atoms with Gasteiger partial charge in [-0.1, -0.05) is 18.2 Å². The molecule has 0 unspecified atom stereocenters. The first-order chi connectivity index (χ1) is 13.0. The molecular formula is C22H21NO4. The van der Waals surface area contributed by atoms with Crippen molar-refractivity contribution in [2.24, 2.45) is 0 Å². The van der Waals surface area contributed by atoms with Crippen molar-refractivity contribution in [3.8, 4) is 28.4 Å². The van der Waals surface area contributed by atoms with Crippen LogP contribution in [0.1, 0.15) is 15.9 Å². The molecule has 0 saturated carbocycles. The first kappa shape index (κ1) is 18.3. The van der Waals surface area contributed by atoms with Crippen LogP contribution in [0.5, 0.6) is 17.2 Å². The van der Waals surface area contributed by atoms with Crippen LogP contribution in [0.3, 0.4) is 0 Å². The Labute approximate surface area is 158 Å². The van der Waals surface area contributed by atoms with E-state index < -0.39 is 0 Å². The third kappa shape index (κ3) is 3.87. The summed E-state index contributed by atoms with van der Waals surface area (Å²) >= 11 is 0. The van der Waals surface area contributed by atoms with Crippen molar-refractivity contribution >= 4 is 11.5 Å². The van der Waals surface area contributed by atoms with E-state index in [1.54, 1.807) is 63.8 Å². The minimum atomic E-state index is -0.152. The monoisotopic (exact) mass is 363 g/mol. The molecule has 3 aromatic rings. The van der Waals surface area contributed by atoms with Crippen LogP contribution in [0, 0.1) is 0 Å². The fourth-order valence-corrected chi connectivity index (χ4v) is 2.84. The summed E-state index contributed by atoms with van der Waals surface area (Å²) in [4.78, 5) is 12.8. The lowest BCUT2D eigenvalue weighted by atomic mass is 9.97. The minimum Gasteiger partial charge on any atom is -0.497 e. The molecule has 138 valence electrons. The molecule has 0 bridgehead atoms. The van der Waals surface area contributed by atoms with E-state index in [0.29, 0.717) is 34.1 Å². The van der Waals surface area contributed by atoms with Crippen LogP contribution in [-0.2, 0) is 0 Å². The van der Waals surface area contributed by atoms with E-state index in [1.165, 1.54) is 0 Å². The second-order valence-electron chi connectivity index (χ2n) is 5.96. The largest absolute Gasteiger partial charge is 0.497 e. The third-order valence-electron chi connectivity index (χ3n) is 4.31. The van der Waals surface area contributed by atoms with E-state index in [4.69, 9.17) is 19.9 Å². The van der Waals surface area contributed by atoms with Gasteiger partial charge in [0.1, 0.15) is 17.2 Å². The van der Waals surface area contributed by atoms with Gasteiger partial charge in [0.2, 0.25) is 0 Å². The van der Waals surface area contributed by atoms with E-state index >= 15 is 0 Å². The number of anilines is 1. The molecule has 0 fully saturated rings. The summed E-state index contributed by atoms with van der Waals surface area (Å²) < 4.78 is 15.8. The van der Waals surface area contributed by atoms with Gasteiger partial charge in [-0.15, -0.1) is 0 Å². The van der Waals surface area contributed by atoms with Gasteiger partial charge in [-0.25, -0.2) is 0 Å². The number of ketones is 1. The lowest BCUT2D eigenvalue weighted by Gasteiger charge is -2.11. The van der Waals surface area contributed by atoms with Crippen LogP contribution in [0.2, 0.25) is 0 Å². The van der Waals surface area contributed by atoms with Crippen LogP contribution >= 0.6 is 0 Å². The first-order valence-electron chi connectivity index (χ1n) is 8.37. The van der Waals surface area contributed by atoms with Gasteiger partial charge in [0.25, 0.3) is 0 Å². The molecule has 0 aromatic heterocycles. The van der Waals surface area contributed by atoms with Crippen LogP contribution in [-0.4, -0.2) is 27.1 Å². The lowest BCUT2D eigenvalue weighted by molar-refractivity contribution is 0.103. The normalized spacial score (nSPS) is 10.3. The molecule has 0 amide bonds. The van der Waals surface area contributed by atoms with Crippen molar-refractivity contribution in [3.63, 3.8) is 0 Å². The summed E-state index contributed by atoms with van der Waals surface area (Å²) in [5, 5.41) is 0. The maximum Gasteiger partial charge on any atom is 0.195 e. The zero-order valence-corrected chi connectivity index (χ0v) is 15.5. The Kier molecular flexibility index (Phi) is 5.31. The SMILES string of the molecule is COc1cccc(C(=O)c2ccc(-c3cc(OC)cc(OC)c3)cc2N)c1. The van der Waals surface area contributed by atoms with Crippen molar-refractivity contribution in [2.45, 2.75) is 0 Å². The maximum absolute atomic E-state index is 12.8. The molecule has 0 radical (unpaired) electrons. The highest BCUT2D eigenvalue weighted by molar-refractivity contribution is 6.12. The minimum absolute atomic E-state index is 0.152. The number of hydrogen-bond donors (Lipinski definition) is 1. The van der Waals surface area contributed by atoms with Crippen molar-refractivity contribution in [3.05, 3.63) is 71.8 Å². The number of nitrogens with two attached hydrogens (primary N) is 1. The number of methoxy groups -OCH3 is 3. The van der Waals surface area contributed by atoms with Gasteiger partial charge >= 0.3 is 0 Å². The van der Waals surface area contributed by atoms with Crippen LogP contribution < -0.4 is 19.9 Å². The molecule has 0 heterocycles. The molecule has 27 heavy (non-hydrogen) atoms. The van der Waals surface area contributed by atoms with E-state index in [2.05, 4.69) is 0 Å². The van der Waals surface area contributed by atoms with Gasteiger partial charge in [0.15, 0.2) is 5.78 Å². The Hall–Kier alpha value is -3.47. The summed E-state index contributed by atoms with van der Waals surface area (Å²) in [6, 6.07) is 18.0. The Morgan fingerprint density at radius 2 is 1.41 bits per heavy atom. The fraction of sp³-hybridized carbons (Fsp3) is 0.136. The Morgan fingerprint density at radius 3 is 2.00 bits per heavy atom. The van der Waals surface area contributed by atoms with E-state index in [9.17, 15) is 4.79 Å². The lowest BCUT2D eigenvalue weighted by Crippen LogP contribution is -2.05. The smallest absolute Gasteiger partial charge is 0.195 e. The second-order valence-corrected chi connectivity index (χ2v) is 5.96. The zero-order valence-electron chi connectivity index (χ0n) is 15.5.